The molecule has 0 saturated heterocycles. The minimum Gasteiger partial charge on any atom is -0.497 e. The van der Waals surface area contributed by atoms with Crippen molar-refractivity contribution in [2.24, 2.45) is 0 Å². The van der Waals surface area contributed by atoms with Crippen LogP contribution >= 0.6 is 0 Å². The smallest absolute Gasteiger partial charge is 0.119 e. The van der Waals surface area contributed by atoms with Crippen LogP contribution in [0, 0.1) is 6.92 Å². The molecule has 5 nitrogen and oxygen atoms in total. The van der Waals surface area contributed by atoms with Crippen molar-refractivity contribution in [2.45, 2.75) is 26.0 Å². The Hall–Kier alpha value is -3.31. The third-order valence-electron chi connectivity index (χ3n) is 5.24. The van der Waals surface area contributed by atoms with Gasteiger partial charge in [-0.15, -0.1) is 0 Å². The summed E-state index contributed by atoms with van der Waals surface area (Å²) in [5.74, 6) is 2.41. The van der Waals surface area contributed by atoms with E-state index >= 15 is 0 Å². The highest BCUT2D eigenvalue weighted by molar-refractivity contribution is 5.76. The summed E-state index contributed by atoms with van der Waals surface area (Å²) in [6.45, 7) is 2.72. The summed E-state index contributed by atoms with van der Waals surface area (Å²) >= 11 is 0. The number of fused-ring (bicyclic) bond motifs is 1. The lowest BCUT2D eigenvalue weighted by molar-refractivity contribution is 0.0928. The number of aromatic nitrogens is 2. The number of aliphatic hydroxyl groups excluding tert-OH is 1. The number of nitrogens with zero attached hydrogens (tertiary/aromatic N) is 2. The maximum Gasteiger partial charge on any atom is 0.119 e. The molecule has 5 heteroatoms. The van der Waals surface area contributed by atoms with E-state index in [2.05, 4.69) is 23.6 Å². The van der Waals surface area contributed by atoms with E-state index in [0.717, 1.165) is 22.6 Å². The molecular formula is C25H26N2O3. The molecule has 0 spiro atoms. The number of hydrogen-bond donors (Lipinski definition) is 1. The summed E-state index contributed by atoms with van der Waals surface area (Å²) in [4.78, 5) is 4.84. The van der Waals surface area contributed by atoms with Crippen LogP contribution in [0.5, 0.6) is 11.5 Å². The molecule has 1 N–H and O–H groups in total. The van der Waals surface area contributed by atoms with Gasteiger partial charge in [-0.25, -0.2) is 4.98 Å². The van der Waals surface area contributed by atoms with Gasteiger partial charge in [-0.3, -0.25) is 0 Å². The predicted molar refractivity (Wildman–Crippen MR) is 118 cm³/mol. The van der Waals surface area contributed by atoms with Crippen LogP contribution < -0.4 is 9.47 Å². The molecule has 0 aliphatic heterocycles. The molecule has 0 saturated carbocycles. The zero-order valence-electron chi connectivity index (χ0n) is 17.3. The largest absolute Gasteiger partial charge is 0.497 e. The van der Waals surface area contributed by atoms with E-state index < -0.39 is 6.10 Å². The fourth-order valence-electron chi connectivity index (χ4n) is 3.57. The number of aryl methyl sites for hydroxylation is 1. The number of benzene rings is 3. The number of imidazole rings is 1. The van der Waals surface area contributed by atoms with Gasteiger partial charge in [0.05, 0.1) is 24.7 Å². The Bertz CT molecular complexity index is 1120. The third-order valence-corrected chi connectivity index (χ3v) is 5.24. The first-order valence-electron chi connectivity index (χ1n) is 10.1. The van der Waals surface area contributed by atoms with E-state index in [1.807, 2.05) is 60.7 Å². The van der Waals surface area contributed by atoms with Crippen molar-refractivity contribution in [3.05, 3.63) is 89.7 Å². The number of ether oxygens (including phenoxy) is 2. The highest BCUT2D eigenvalue weighted by atomic mass is 16.5. The third kappa shape index (κ3) is 4.47. The van der Waals surface area contributed by atoms with Gasteiger partial charge in [0.15, 0.2) is 0 Å². The van der Waals surface area contributed by atoms with E-state index in [1.165, 1.54) is 11.1 Å². The summed E-state index contributed by atoms with van der Waals surface area (Å²) < 4.78 is 13.0. The van der Waals surface area contributed by atoms with Gasteiger partial charge in [-0.1, -0.05) is 36.4 Å². The number of para-hydroxylation sites is 2. The Labute approximate surface area is 176 Å². The molecule has 0 aliphatic rings. The van der Waals surface area contributed by atoms with Gasteiger partial charge < -0.3 is 19.1 Å². The lowest BCUT2D eigenvalue weighted by atomic mass is 10.1. The first-order chi connectivity index (χ1) is 14.6. The molecule has 1 aromatic heterocycles. The van der Waals surface area contributed by atoms with Crippen LogP contribution in [0.25, 0.3) is 11.0 Å². The van der Waals surface area contributed by atoms with E-state index in [1.54, 1.807) is 7.11 Å². The molecule has 4 aromatic rings. The highest BCUT2D eigenvalue weighted by Gasteiger charge is 2.16. The standard InChI is InChI=1S/C25H26N2O3/c1-18-7-3-4-8-19(18)15-25-26-23-9-5-6-10-24(23)27(25)16-20(28)17-30-22-13-11-21(29-2)12-14-22/h3-14,20,28H,15-17H2,1-2H3/t20-/m0/s1. The number of hydrogen-bond acceptors (Lipinski definition) is 4. The minimum absolute atomic E-state index is 0.197. The van der Waals surface area contributed by atoms with Crippen molar-refractivity contribution in [1.29, 1.82) is 0 Å². The maximum absolute atomic E-state index is 10.7. The summed E-state index contributed by atoms with van der Waals surface area (Å²) in [6, 6.07) is 23.7. The SMILES string of the molecule is COc1ccc(OC[C@@H](O)Cn2c(Cc3ccccc3C)nc3ccccc32)cc1. The van der Waals surface area contributed by atoms with E-state index in [-0.39, 0.29) is 6.61 Å². The Morgan fingerprint density at radius 2 is 1.63 bits per heavy atom. The van der Waals surface area contributed by atoms with Gasteiger partial charge in [0.25, 0.3) is 0 Å². The van der Waals surface area contributed by atoms with E-state index in [4.69, 9.17) is 14.5 Å². The van der Waals surface area contributed by atoms with Gasteiger partial charge in [-0.05, 0) is 54.4 Å². The Morgan fingerprint density at radius 3 is 2.40 bits per heavy atom. The molecule has 0 unspecified atom stereocenters. The van der Waals surface area contributed by atoms with E-state index in [9.17, 15) is 5.11 Å². The van der Waals surface area contributed by atoms with Crippen LogP contribution in [-0.4, -0.2) is 34.5 Å². The molecule has 0 bridgehead atoms. The Balaban J connectivity index is 1.52. The molecule has 0 fully saturated rings. The van der Waals surface area contributed by atoms with Crippen molar-refractivity contribution in [2.75, 3.05) is 13.7 Å². The monoisotopic (exact) mass is 402 g/mol. The van der Waals surface area contributed by atoms with E-state index in [0.29, 0.717) is 18.7 Å². The number of aliphatic hydroxyl groups is 1. The van der Waals surface area contributed by atoms with Crippen LogP contribution in [0.1, 0.15) is 17.0 Å². The minimum atomic E-state index is -0.666. The lowest BCUT2D eigenvalue weighted by Gasteiger charge is -2.16. The molecule has 0 amide bonds. The normalized spacial score (nSPS) is 12.1. The van der Waals surface area contributed by atoms with Crippen molar-refractivity contribution in [1.82, 2.24) is 9.55 Å². The Morgan fingerprint density at radius 1 is 0.933 bits per heavy atom. The zero-order valence-corrected chi connectivity index (χ0v) is 17.3. The quantitative estimate of drug-likeness (QED) is 0.475. The van der Waals surface area contributed by atoms with Gasteiger partial charge in [-0.2, -0.15) is 0 Å². The van der Waals surface area contributed by atoms with Gasteiger partial charge in [0.2, 0.25) is 0 Å². The predicted octanol–water partition coefficient (Wildman–Crippen LogP) is 4.38. The summed E-state index contributed by atoms with van der Waals surface area (Å²) in [7, 11) is 1.63. The number of methoxy groups -OCH3 is 1. The van der Waals surface area contributed by atoms with Crippen LogP contribution in [0.15, 0.2) is 72.8 Å². The second-order valence-corrected chi connectivity index (χ2v) is 7.37. The molecule has 154 valence electrons. The molecule has 30 heavy (non-hydrogen) atoms. The van der Waals surface area contributed by atoms with Crippen molar-refractivity contribution in [3.8, 4) is 11.5 Å². The first-order valence-corrected chi connectivity index (χ1v) is 10.1. The second-order valence-electron chi connectivity index (χ2n) is 7.37. The maximum atomic E-state index is 10.7. The van der Waals surface area contributed by atoms with Gasteiger partial charge >= 0.3 is 0 Å². The number of rotatable bonds is 8. The van der Waals surface area contributed by atoms with Crippen LogP contribution in [0.3, 0.4) is 0 Å². The van der Waals surface area contributed by atoms with Crippen molar-refractivity contribution >= 4 is 11.0 Å². The molecule has 1 heterocycles. The van der Waals surface area contributed by atoms with Crippen molar-refractivity contribution in [3.63, 3.8) is 0 Å². The topological polar surface area (TPSA) is 56.5 Å². The van der Waals surface area contributed by atoms with Crippen molar-refractivity contribution < 1.29 is 14.6 Å². The van der Waals surface area contributed by atoms with Crippen LogP contribution in [-0.2, 0) is 13.0 Å². The van der Waals surface area contributed by atoms with Crippen LogP contribution in [0.2, 0.25) is 0 Å². The van der Waals surface area contributed by atoms with Gasteiger partial charge in [0.1, 0.15) is 30.0 Å². The molecule has 1 atom stereocenters. The molecule has 4 rings (SSSR count). The summed E-state index contributed by atoms with van der Waals surface area (Å²) in [5, 5.41) is 10.7. The average Bonchev–Trinajstić information content (AvgIpc) is 3.11. The zero-order chi connectivity index (χ0) is 20.9. The molecule has 0 aliphatic carbocycles. The molecular weight excluding hydrogens is 376 g/mol. The Kier molecular flexibility index (Phi) is 6.00. The van der Waals surface area contributed by atoms with Crippen LogP contribution in [0.4, 0.5) is 0 Å². The highest BCUT2D eigenvalue weighted by Crippen LogP contribution is 2.21. The van der Waals surface area contributed by atoms with Gasteiger partial charge in [0, 0.05) is 6.42 Å². The lowest BCUT2D eigenvalue weighted by Crippen LogP contribution is -2.24. The summed E-state index contributed by atoms with van der Waals surface area (Å²) in [5.41, 5.74) is 4.42. The molecule has 0 radical (unpaired) electrons. The summed E-state index contributed by atoms with van der Waals surface area (Å²) in [6.07, 6.45) is 0.0493. The first kappa shape index (κ1) is 20.0. The fourth-order valence-corrected chi connectivity index (χ4v) is 3.57. The average molecular weight is 402 g/mol. The molecule has 3 aromatic carbocycles. The second kappa shape index (κ2) is 9.01. The fraction of sp³-hybridized carbons (Fsp3) is 0.240.